The van der Waals surface area contributed by atoms with Crippen LogP contribution in [0.5, 0.6) is 0 Å². The standard InChI is InChI=1S/2C31H30.2C29H26.C17H18/c2*1-19-7-9-27-28-10-8-20(2)18-30(28)31(29(27)17-19,25-13-21(3)11-22(4)14-25)26-15-23(5)12-24(6)16-26;1-19-5-11-23(12-6-19)29(24-13-7-20(2)8-14-24)27-17-21(3)9-15-25(27)26-16-10-22(4)18-28(26)29;1-19-7-5-9-23(15-19)29(24-10-6-8-20(2)16-24)27-17-21(3)11-13-25(27)26-14-12-22(4)18-28(26)29;1-11-5-7-13-14-8-6-12(2)10-16(14)17(3,4)15(13)9-11/h2*7-18H,1-6H3;2*5-18H,1-4H3;5-10H,1-4H3. The minimum Gasteiger partial charge on any atom is -0.0617 e. The maximum Gasteiger partial charge on any atom is 0.0714 e. The van der Waals surface area contributed by atoms with Gasteiger partial charge in [-0.05, 0) is 308 Å². The predicted molar refractivity (Wildman–Crippen MR) is 583 cm³/mol. The fourth-order valence-corrected chi connectivity index (χ4v) is 24.5. The Morgan fingerprint density at radius 3 is 0.445 bits per heavy atom. The number of hydrogen-bond acceptors (Lipinski definition) is 0. The average molecular weight is 1780 g/mol. The van der Waals surface area contributed by atoms with Gasteiger partial charge in [-0.2, -0.15) is 0 Å². The molecule has 0 spiro atoms. The van der Waals surface area contributed by atoms with Crippen molar-refractivity contribution in [3.05, 3.63) is 574 Å². The molecule has 0 unspecified atom stereocenters. The van der Waals surface area contributed by atoms with Gasteiger partial charge in [0.15, 0.2) is 0 Å². The second-order valence-electron chi connectivity index (χ2n) is 42.1. The molecule has 0 saturated carbocycles. The van der Waals surface area contributed by atoms with E-state index in [0.717, 1.165) is 0 Å². The van der Waals surface area contributed by atoms with Crippen molar-refractivity contribution in [2.24, 2.45) is 0 Å². The Hall–Kier alpha value is -14.0. The highest BCUT2D eigenvalue weighted by Gasteiger charge is 2.52. The first-order valence-electron chi connectivity index (χ1n) is 49.3. The number of benzene rings is 18. The number of hydrogen-bond donors (Lipinski definition) is 0. The lowest BCUT2D eigenvalue weighted by molar-refractivity contribution is 0.659. The molecule has 5 aliphatic carbocycles. The highest BCUT2D eigenvalue weighted by Crippen LogP contribution is 2.63. The molecule has 0 fully saturated rings. The van der Waals surface area contributed by atoms with Crippen LogP contribution < -0.4 is 0 Å². The lowest BCUT2D eigenvalue weighted by atomic mass is 9.66. The zero-order chi connectivity index (χ0) is 96.4. The zero-order valence-corrected chi connectivity index (χ0v) is 85.0. The van der Waals surface area contributed by atoms with Gasteiger partial charge in [-0.15, -0.1) is 0 Å². The molecule has 0 nitrogen and oxygen atoms in total. The van der Waals surface area contributed by atoms with Gasteiger partial charge in [0, 0.05) is 5.41 Å². The van der Waals surface area contributed by atoms with Gasteiger partial charge in [0.05, 0.1) is 21.7 Å². The second-order valence-corrected chi connectivity index (χ2v) is 42.1. The normalized spacial score (nSPS) is 14.0. The molecule has 0 N–H and O–H groups in total. The molecule has 137 heavy (non-hydrogen) atoms. The molecule has 5 aliphatic rings. The summed E-state index contributed by atoms with van der Waals surface area (Å²) >= 11 is 0. The van der Waals surface area contributed by atoms with Crippen LogP contribution in [0.1, 0.15) is 236 Å². The van der Waals surface area contributed by atoms with E-state index in [0.29, 0.717) is 0 Å². The van der Waals surface area contributed by atoms with Crippen LogP contribution in [0.3, 0.4) is 0 Å². The number of aryl methyl sites for hydroxylation is 22. The zero-order valence-electron chi connectivity index (χ0n) is 85.0. The summed E-state index contributed by atoms with van der Waals surface area (Å²) < 4.78 is 0. The summed E-state index contributed by atoms with van der Waals surface area (Å²) in [5.74, 6) is 0. The summed E-state index contributed by atoms with van der Waals surface area (Å²) in [5, 5.41) is 0. The largest absolute Gasteiger partial charge is 0.0714 e. The fourth-order valence-electron chi connectivity index (χ4n) is 24.5. The first-order chi connectivity index (χ1) is 65.6. The molecule has 18 aromatic carbocycles. The van der Waals surface area contributed by atoms with Gasteiger partial charge in [-0.25, -0.2) is 0 Å². The van der Waals surface area contributed by atoms with Gasteiger partial charge in [-0.3, -0.25) is 0 Å². The van der Waals surface area contributed by atoms with Crippen LogP contribution in [0, 0.1) is 152 Å². The van der Waals surface area contributed by atoms with Crippen LogP contribution in [0.4, 0.5) is 0 Å². The van der Waals surface area contributed by atoms with Crippen molar-refractivity contribution < 1.29 is 0 Å². The molecule has 0 radical (unpaired) electrons. The van der Waals surface area contributed by atoms with E-state index in [1.807, 2.05) is 0 Å². The van der Waals surface area contributed by atoms with Crippen LogP contribution in [0.15, 0.2) is 352 Å². The Morgan fingerprint density at radius 1 is 0.109 bits per heavy atom. The van der Waals surface area contributed by atoms with Gasteiger partial charge in [0.1, 0.15) is 0 Å². The summed E-state index contributed by atoms with van der Waals surface area (Å²) in [6.45, 7) is 53.1. The maximum absolute atomic E-state index is 2.42. The lowest BCUT2D eigenvalue weighted by Gasteiger charge is -2.35. The van der Waals surface area contributed by atoms with Gasteiger partial charge < -0.3 is 0 Å². The molecular formula is C137H130. The molecular weight excluding hydrogens is 1650 g/mol. The van der Waals surface area contributed by atoms with Gasteiger partial charge in [0.2, 0.25) is 0 Å². The van der Waals surface area contributed by atoms with Gasteiger partial charge in [0.25, 0.3) is 0 Å². The Labute approximate surface area is 817 Å². The quantitative estimate of drug-likeness (QED) is 0.142. The minimum atomic E-state index is -0.309. The first kappa shape index (κ1) is 92.0. The Kier molecular flexibility index (Phi) is 23.9. The van der Waals surface area contributed by atoms with Crippen molar-refractivity contribution in [2.45, 2.75) is 193 Å². The summed E-state index contributed by atoms with van der Waals surface area (Å²) in [4.78, 5) is 0. The molecule has 18 aromatic rings. The van der Waals surface area contributed by atoms with Crippen LogP contribution in [-0.2, 0) is 27.1 Å². The topological polar surface area (TPSA) is 0 Å². The van der Waals surface area contributed by atoms with E-state index in [4.69, 9.17) is 0 Å². The summed E-state index contributed by atoms with van der Waals surface area (Å²) in [6.07, 6.45) is 0. The van der Waals surface area contributed by atoms with Crippen molar-refractivity contribution in [3.8, 4) is 55.6 Å². The van der Waals surface area contributed by atoms with Gasteiger partial charge >= 0.3 is 0 Å². The monoisotopic (exact) mass is 1780 g/mol. The van der Waals surface area contributed by atoms with E-state index < -0.39 is 0 Å². The number of rotatable bonds is 8. The van der Waals surface area contributed by atoms with E-state index >= 15 is 0 Å². The Balaban J connectivity index is 0.000000111. The molecule has 0 saturated heterocycles. The van der Waals surface area contributed by atoms with Crippen molar-refractivity contribution >= 4 is 0 Å². The molecule has 23 rings (SSSR count). The third-order valence-electron chi connectivity index (χ3n) is 30.3. The van der Waals surface area contributed by atoms with Crippen LogP contribution in [-0.4, -0.2) is 0 Å². The van der Waals surface area contributed by atoms with E-state index in [9.17, 15) is 0 Å². The summed E-state index contributed by atoms with van der Waals surface area (Å²) in [6, 6.07) is 134. The summed E-state index contributed by atoms with van der Waals surface area (Å²) in [7, 11) is 0. The molecule has 0 heterocycles. The van der Waals surface area contributed by atoms with E-state index in [-0.39, 0.29) is 27.1 Å². The first-order valence-corrected chi connectivity index (χ1v) is 49.3. The maximum atomic E-state index is 2.42. The predicted octanol–water partition coefficient (Wildman–Crippen LogP) is 35.0. The van der Waals surface area contributed by atoms with Gasteiger partial charge in [-0.1, -0.05) is 488 Å². The van der Waals surface area contributed by atoms with Crippen molar-refractivity contribution in [1.82, 2.24) is 0 Å². The van der Waals surface area contributed by atoms with Crippen molar-refractivity contribution in [2.75, 3.05) is 0 Å². The van der Waals surface area contributed by atoms with Crippen LogP contribution >= 0.6 is 0 Å². The van der Waals surface area contributed by atoms with Crippen LogP contribution in [0.2, 0.25) is 0 Å². The van der Waals surface area contributed by atoms with Crippen LogP contribution in [0.25, 0.3) is 55.6 Å². The smallest absolute Gasteiger partial charge is 0.0617 e. The highest BCUT2D eigenvalue weighted by atomic mass is 14.5. The fraction of sp³-hybridized carbons (Fsp3) is 0.212. The molecule has 0 atom stereocenters. The Morgan fingerprint density at radius 2 is 0.255 bits per heavy atom. The van der Waals surface area contributed by atoms with E-state index in [2.05, 4.69) is 518 Å². The molecule has 0 bridgehead atoms. The highest BCUT2D eigenvalue weighted by molar-refractivity contribution is 5.92. The summed E-state index contributed by atoms with van der Waals surface area (Å²) in [5.41, 5.74) is 66.4. The van der Waals surface area contributed by atoms with Crippen molar-refractivity contribution in [1.29, 1.82) is 0 Å². The molecule has 0 amide bonds. The SMILES string of the molecule is Cc1cc(C)cc(C2(c3cc(C)cc(C)c3)c3cc(C)ccc3-c3ccc(C)cc32)c1.Cc1cc(C)cc(C2(c3cc(C)cc(C)c3)c3cc(C)ccc3-c3ccc(C)cc32)c1.Cc1ccc(C2(c3ccc(C)cc3)c3cc(C)ccc3-c3ccc(C)cc32)cc1.Cc1ccc2c(c1)C(C)(C)c1cc(C)ccc1-2.Cc1cccc(C2(c3cccc(C)c3)c3cc(C)ccc3-c3ccc(C)cc32)c1. The second kappa shape index (κ2) is 35.6. The third kappa shape index (κ3) is 15.9. The minimum absolute atomic E-state index is 0.142. The van der Waals surface area contributed by atoms with E-state index in [1.54, 1.807) is 0 Å². The molecule has 678 valence electrons. The van der Waals surface area contributed by atoms with E-state index in [1.165, 1.54) is 278 Å². The lowest BCUT2D eigenvalue weighted by Crippen LogP contribution is -2.29. The third-order valence-corrected chi connectivity index (χ3v) is 30.3. The molecule has 0 heteroatoms. The number of fused-ring (bicyclic) bond motifs is 15. The Bertz CT molecular complexity index is 7100. The average Bonchev–Trinajstić information content (AvgIpc) is 1.55. The van der Waals surface area contributed by atoms with Crippen molar-refractivity contribution in [3.63, 3.8) is 0 Å². The molecule has 0 aromatic heterocycles. The molecule has 0 aliphatic heterocycles.